The van der Waals surface area contributed by atoms with Crippen LogP contribution in [0.1, 0.15) is 26.5 Å². The Kier molecular flexibility index (Phi) is 4.08. The molecule has 0 saturated heterocycles. The number of nitrogens with zero attached hydrogens (tertiary/aromatic N) is 3. The van der Waals surface area contributed by atoms with Gasteiger partial charge in [-0.3, -0.25) is 14.9 Å². The summed E-state index contributed by atoms with van der Waals surface area (Å²) in [6, 6.07) is 2.82. The molecule has 19 heavy (non-hydrogen) atoms. The minimum absolute atomic E-state index is 0.0760. The summed E-state index contributed by atoms with van der Waals surface area (Å²) in [5, 5.41) is 19.7. The number of aromatic nitrogens is 1. The van der Waals surface area contributed by atoms with Crippen molar-refractivity contribution in [2.45, 2.75) is 33.2 Å². The number of hydrogen-bond acceptors (Lipinski definition) is 5. The smallest absolute Gasteiger partial charge is 0.323 e. The van der Waals surface area contributed by atoms with Crippen LogP contribution in [-0.4, -0.2) is 33.1 Å². The van der Waals surface area contributed by atoms with E-state index in [0.717, 1.165) is 0 Å². The molecule has 0 radical (unpaired) electrons. The number of rotatable bonds is 4. The Morgan fingerprint density at radius 3 is 2.42 bits per heavy atom. The number of carboxylic acid groups (broad SMARTS) is 1. The zero-order valence-electron chi connectivity index (χ0n) is 11.4. The molecule has 0 aromatic carbocycles. The quantitative estimate of drug-likeness (QED) is 0.662. The van der Waals surface area contributed by atoms with Crippen molar-refractivity contribution in [2.24, 2.45) is 0 Å². The molecule has 0 aliphatic rings. The van der Waals surface area contributed by atoms with E-state index in [1.54, 1.807) is 4.90 Å². The second-order valence-electron chi connectivity index (χ2n) is 5.18. The first-order chi connectivity index (χ1) is 8.62. The van der Waals surface area contributed by atoms with E-state index >= 15 is 0 Å². The Morgan fingerprint density at radius 1 is 1.47 bits per heavy atom. The highest BCUT2D eigenvalue weighted by Gasteiger charge is 2.26. The van der Waals surface area contributed by atoms with Crippen LogP contribution in [0.15, 0.2) is 12.1 Å². The number of aliphatic carboxylic acids is 1. The summed E-state index contributed by atoms with van der Waals surface area (Å²) in [5.41, 5.74) is -0.261. The Morgan fingerprint density at radius 2 is 2.05 bits per heavy atom. The lowest BCUT2D eigenvalue weighted by atomic mass is 10.1. The molecule has 0 unspecified atom stereocenters. The number of carbonyl (C=O) groups is 1. The lowest BCUT2D eigenvalue weighted by Gasteiger charge is -2.35. The molecule has 0 bridgehead atoms. The first-order valence-electron chi connectivity index (χ1n) is 5.74. The highest BCUT2D eigenvalue weighted by molar-refractivity contribution is 5.73. The summed E-state index contributed by atoms with van der Waals surface area (Å²) in [4.78, 5) is 26.9. The molecule has 1 heterocycles. The summed E-state index contributed by atoms with van der Waals surface area (Å²) >= 11 is 0. The van der Waals surface area contributed by atoms with E-state index in [4.69, 9.17) is 5.11 Å². The van der Waals surface area contributed by atoms with Crippen molar-refractivity contribution in [3.63, 3.8) is 0 Å². The van der Waals surface area contributed by atoms with Crippen LogP contribution in [0.4, 0.5) is 11.5 Å². The molecule has 0 atom stereocenters. The summed E-state index contributed by atoms with van der Waals surface area (Å²) in [5.74, 6) is -0.564. The van der Waals surface area contributed by atoms with Gasteiger partial charge in [0.15, 0.2) is 0 Å². The number of nitro groups is 1. The van der Waals surface area contributed by atoms with Crippen molar-refractivity contribution in [1.29, 1.82) is 0 Å². The predicted octanol–water partition coefficient (Wildman–Crippen LogP) is 1.99. The standard InChI is InChI=1S/C12H17N3O4/c1-8-9(15(18)19)5-6-10(13-8)14(7-11(16)17)12(2,3)4/h5-6H,7H2,1-4H3,(H,16,17). The number of aryl methyl sites for hydroxylation is 1. The molecule has 0 aliphatic heterocycles. The minimum atomic E-state index is -0.979. The van der Waals surface area contributed by atoms with Crippen LogP contribution in [-0.2, 0) is 4.79 Å². The molecule has 0 fully saturated rings. The molecule has 7 heteroatoms. The predicted molar refractivity (Wildman–Crippen MR) is 70.4 cm³/mol. The van der Waals surface area contributed by atoms with Gasteiger partial charge in [-0.05, 0) is 33.8 Å². The first-order valence-corrected chi connectivity index (χ1v) is 5.74. The lowest BCUT2D eigenvalue weighted by Crippen LogP contribution is -2.45. The third-order valence-electron chi connectivity index (χ3n) is 2.62. The van der Waals surface area contributed by atoms with Gasteiger partial charge in [-0.15, -0.1) is 0 Å². The molecule has 1 aromatic heterocycles. The lowest BCUT2D eigenvalue weighted by molar-refractivity contribution is -0.385. The second-order valence-corrected chi connectivity index (χ2v) is 5.18. The number of carboxylic acids is 1. The Balaban J connectivity index is 3.21. The fourth-order valence-electron chi connectivity index (χ4n) is 1.68. The van der Waals surface area contributed by atoms with Crippen LogP contribution in [0.3, 0.4) is 0 Å². The van der Waals surface area contributed by atoms with Gasteiger partial charge < -0.3 is 10.0 Å². The van der Waals surface area contributed by atoms with E-state index in [2.05, 4.69) is 4.98 Å². The van der Waals surface area contributed by atoms with E-state index in [1.807, 2.05) is 20.8 Å². The normalized spacial score (nSPS) is 11.2. The topological polar surface area (TPSA) is 96.6 Å². The van der Waals surface area contributed by atoms with Crippen LogP contribution in [0, 0.1) is 17.0 Å². The monoisotopic (exact) mass is 267 g/mol. The molecule has 0 spiro atoms. The molecular formula is C12H17N3O4. The Hall–Kier alpha value is -2.18. The third kappa shape index (κ3) is 3.64. The number of anilines is 1. The fraction of sp³-hybridized carbons (Fsp3) is 0.500. The van der Waals surface area contributed by atoms with Crippen molar-refractivity contribution in [2.75, 3.05) is 11.4 Å². The van der Waals surface area contributed by atoms with Crippen molar-refractivity contribution in [1.82, 2.24) is 4.98 Å². The van der Waals surface area contributed by atoms with E-state index in [-0.39, 0.29) is 17.9 Å². The van der Waals surface area contributed by atoms with Crippen molar-refractivity contribution >= 4 is 17.5 Å². The van der Waals surface area contributed by atoms with Crippen LogP contribution < -0.4 is 4.90 Å². The zero-order valence-corrected chi connectivity index (χ0v) is 11.4. The van der Waals surface area contributed by atoms with Gasteiger partial charge in [0, 0.05) is 11.6 Å². The van der Waals surface area contributed by atoms with Crippen LogP contribution in [0.5, 0.6) is 0 Å². The SMILES string of the molecule is Cc1nc(N(CC(=O)O)C(C)(C)C)ccc1[N+](=O)[O-]. The average molecular weight is 267 g/mol. The maximum atomic E-state index is 10.9. The summed E-state index contributed by atoms with van der Waals surface area (Å²) in [6.07, 6.45) is 0. The average Bonchev–Trinajstić information content (AvgIpc) is 2.23. The number of hydrogen-bond donors (Lipinski definition) is 1. The van der Waals surface area contributed by atoms with Crippen molar-refractivity contribution in [3.05, 3.63) is 27.9 Å². The van der Waals surface area contributed by atoms with Gasteiger partial charge in [-0.2, -0.15) is 0 Å². The minimum Gasteiger partial charge on any atom is -0.480 e. The largest absolute Gasteiger partial charge is 0.480 e. The van der Waals surface area contributed by atoms with Gasteiger partial charge in [0.1, 0.15) is 18.1 Å². The van der Waals surface area contributed by atoms with Gasteiger partial charge in [-0.1, -0.05) is 0 Å². The molecular weight excluding hydrogens is 250 g/mol. The Bertz CT molecular complexity index is 508. The fourth-order valence-corrected chi connectivity index (χ4v) is 1.68. The van der Waals surface area contributed by atoms with Crippen LogP contribution in [0.2, 0.25) is 0 Å². The highest BCUT2D eigenvalue weighted by atomic mass is 16.6. The molecule has 1 rings (SSSR count). The molecule has 0 amide bonds. The van der Waals surface area contributed by atoms with E-state index in [1.165, 1.54) is 19.1 Å². The zero-order chi connectivity index (χ0) is 14.8. The van der Waals surface area contributed by atoms with Gasteiger partial charge in [-0.25, -0.2) is 4.98 Å². The first kappa shape index (κ1) is 14.9. The van der Waals surface area contributed by atoms with Crippen molar-refractivity contribution < 1.29 is 14.8 Å². The molecule has 0 saturated carbocycles. The van der Waals surface area contributed by atoms with Crippen molar-refractivity contribution in [3.8, 4) is 0 Å². The van der Waals surface area contributed by atoms with Crippen LogP contribution >= 0.6 is 0 Å². The van der Waals surface area contributed by atoms with E-state index in [0.29, 0.717) is 5.82 Å². The van der Waals surface area contributed by atoms with E-state index in [9.17, 15) is 14.9 Å². The van der Waals surface area contributed by atoms with Crippen LogP contribution in [0.25, 0.3) is 0 Å². The number of pyridine rings is 1. The molecule has 104 valence electrons. The second kappa shape index (κ2) is 5.21. The van der Waals surface area contributed by atoms with E-state index < -0.39 is 16.4 Å². The molecule has 1 N–H and O–H groups in total. The Labute approximate surface area is 111 Å². The summed E-state index contributed by atoms with van der Waals surface area (Å²) < 4.78 is 0. The van der Waals surface area contributed by atoms with Gasteiger partial charge >= 0.3 is 5.97 Å². The van der Waals surface area contributed by atoms with Gasteiger partial charge in [0.05, 0.1) is 4.92 Å². The van der Waals surface area contributed by atoms with Gasteiger partial charge in [0.25, 0.3) is 5.69 Å². The van der Waals surface area contributed by atoms with Gasteiger partial charge in [0.2, 0.25) is 0 Å². The summed E-state index contributed by atoms with van der Waals surface area (Å²) in [7, 11) is 0. The third-order valence-corrected chi connectivity index (χ3v) is 2.62. The summed E-state index contributed by atoms with van der Waals surface area (Å²) in [6.45, 7) is 6.88. The molecule has 7 nitrogen and oxygen atoms in total. The maximum Gasteiger partial charge on any atom is 0.323 e. The molecule has 0 aliphatic carbocycles. The maximum absolute atomic E-state index is 10.9. The molecule has 1 aromatic rings. The highest BCUT2D eigenvalue weighted by Crippen LogP contribution is 2.25.